The maximum absolute atomic E-state index is 14.1. The van der Waals surface area contributed by atoms with Crippen molar-refractivity contribution in [2.45, 2.75) is 57.6 Å². The minimum atomic E-state index is -4.31. The van der Waals surface area contributed by atoms with E-state index in [1.54, 1.807) is 37.3 Å². The van der Waals surface area contributed by atoms with Crippen LogP contribution in [-0.2, 0) is 26.2 Å². The van der Waals surface area contributed by atoms with Crippen molar-refractivity contribution in [1.29, 1.82) is 0 Å². The molecule has 0 spiro atoms. The van der Waals surface area contributed by atoms with Gasteiger partial charge in [-0.25, -0.2) is 8.42 Å². The first-order valence-electron chi connectivity index (χ1n) is 12.8. The Labute approximate surface area is 261 Å². The summed E-state index contributed by atoms with van der Waals surface area (Å²) in [4.78, 5) is 28.4. The van der Waals surface area contributed by atoms with Crippen LogP contribution in [0.3, 0.4) is 0 Å². The molecule has 7 nitrogen and oxygen atoms in total. The predicted molar refractivity (Wildman–Crippen MR) is 167 cm³/mol. The maximum Gasteiger partial charge on any atom is 0.264 e. The van der Waals surface area contributed by atoms with Crippen molar-refractivity contribution in [3.05, 3.63) is 91.9 Å². The number of hydrogen-bond donors (Lipinski definition) is 1. The van der Waals surface area contributed by atoms with Gasteiger partial charge >= 0.3 is 0 Å². The molecule has 0 saturated carbocycles. The lowest BCUT2D eigenvalue weighted by Gasteiger charge is -2.33. The Morgan fingerprint density at radius 1 is 0.878 bits per heavy atom. The van der Waals surface area contributed by atoms with Crippen LogP contribution in [0.25, 0.3) is 0 Å². The normalized spacial score (nSPS) is 12.9. The van der Waals surface area contributed by atoms with Gasteiger partial charge in [0.1, 0.15) is 12.6 Å². The number of benzene rings is 3. The number of nitrogens with zero attached hydrogens (tertiary/aromatic N) is 2. The number of sulfonamides is 1. The van der Waals surface area contributed by atoms with Crippen LogP contribution in [0.4, 0.5) is 5.69 Å². The Balaban J connectivity index is 2.11. The summed E-state index contributed by atoms with van der Waals surface area (Å²) in [5, 5.41) is 3.54. The number of aryl methyl sites for hydroxylation is 1. The van der Waals surface area contributed by atoms with Gasteiger partial charge in [-0.05, 0) is 63.6 Å². The van der Waals surface area contributed by atoms with Crippen LogP contribution in [0.2, 0.25) is 20.1 Å². The molecule has 0 fully saturated rings. The van der Waals surface area contributed by atoms with Gasteiger partial charge in [-0.2, -0.15) is 0 Å². The Morgan fingerprint density at radius 2 is 1.44 bits per heavy atom. The first kappa shape index (κ1) is 33.0. The molecule has 3 rings (SSSR count). The Hall–Kier alpha value is -2.49. The number of anilines is 1. The van der Waals surface area contributed by atoms with Crippen LogP contribution in [0.5, 0.6) is 0 Å². The molecule has 0 aliphatic heterocycles. The molecule has 0 heterocycles. The van der Waals surface area contributed by atoms with Gasteiger partial charge in [0, 0.05) is 28.2 Å². The van der Waals surface area contributed by atoms with E-state index in [9.17, 15) is 18.0 Å². The van der Waals surface area contributed by atoms with E-state index in [2.05, 4.69) is 5.32 Å². The molecule has 3 aromatic carbocycles. The van der Waals surface area contributed by atoms with Crippen LogP contribution in [-0.4, -0.2) is 43.8 Å². The van der Waals surface area contributed by atoms with Crippen molar-refractivity contribution in [1.82, 2.24) is 10.2 Å². The lowest BCUT2D eigenvalue weighted by Crippen LogP contribution is -2.52. The van der Waals surface area contributed by atoms with Gasteiger partial charge in [-0.3, -0.25) is 13.9 Å². The molecule has 0 aromatic heterocycles. The van der Waals surface area contributed by atoms with Crippen molar-refractivity contribution in [3.63, 3.8) is 0 Å². The summed E-state index contributed by atoms with van der Waals surface area (Å²) in [7, 11) is -4.31. The molecule has 3 aromatic rings. The topological polar surface area (TPSA) is 86.8 Å². The van der Waals surface area contributed by atoms with Crippen molar-refractivity contribution >= 4 is 73.9 Å². The average molecular weight is 659 g/mol. The van der Waals surface area contributed by atoms with E-state index in [0.29, 0.717) is 22.0 Å². The van der Waals surface area contributed by atoms with Gasteiger partial charge in [0.25, 0.3) is 10.0 Å². The molecule has 220 valence electrons. The van der Waals surface area contributed by atoms with E-state index >= 15 is 0 Å². The van der Waals surface area contributed by atoms with E-state index in [0.717, 1.165) is 9.87 Å². The zero-order chi connectivity index (χ0) is 30.5. The van der Waals surface area contributed by atoms with E-state index < -0.39 is 34.4 Å². The molecule has 0 saturated heterocycles. The third-order valence-electron chi connectivity index (χ3n) is 6.65. The quantitative estimate of drug-likeness (QED) is 0.237. The number of carbonyl (C=O) groups excluding carboxylic acids is 2. The zero-order valence-corrected chi connectivity index (χ0v) is 26.8. The first-order valence-corrected chi connectivity index (χ1v) is 15.8. The van der Waals surface area contributed by atoms with E-state index in [4.69, 9.17) is 46.4 Å². The number of rotatable bonds is 11. The molecule has 41 heavy (non-hydrogen) atoms. The number of amides is 2. The molecular formula is C29H31Cl4N3O4S. The second kappa shape index (κ2) is 14.1. The molecule has 0 unspecified atom stereocenters. The van der Waals surface area contributed by atoms with Gasteiger partial charge in [-0.15, -0.1) is 0 Å². The smallest absolute Gasteiger partial charge is 0.264 e. The lowest BCUT2D eigenvalue weighted by atomic mass is 10.1. The Morgan fingerprint density at radius 3 is 2.02 bits per heavy atom. The fourth-order valence-corrected chi connectivity index (χ4v) is 6.33. The third kappa shape index (κ3) is 7.87. The van der Waals surface area contributed by atoms with Crippen LogP contribution in [0.1, 0.15) is 38.3 Å². The summed E-state index contributed by atoms with van der Waals surface area (Å²) in [5.41, 5.74) is 1.29. The van der Waals surface area contributed by atoms with E-state index in [1.807, 2.05) is 20.8 Å². The van der Waals surface area contributed by atoms with Crippen LogP contribution >= 0.6 is 46.4 Å². The number of halogens is 4. The number of nitrogens with one attached hydrogen (secondary N) is 1. The van der Waals surface area contributed by atoms with Crippen molar-refractivity contribution < 1.29 is 18.0 Å². The SMILES string of the molecule is CC[C@H](C)NC(=O)[C@@H](C)N(Cc1c(Cl)cccc1Cl)C(=O)CN(c1cccc(Cl)c1Cl)S(=O)(=O)c1ccc(C)cc1. The summed E-state index contributed by atoms with van der Waals surface area (Å²) in [5.74, 6) is -1.09. The van der Waals surface area contributed by atoms with Crippen LogP contribution in [0.15, 0.2) is 65.6 Å². The monoisotopic (exact) mass is 657 g/mol. The average Bonchev–Trinajstić information content (AvgIpc) is 2.93. The second-order valence-corrected chi connectivity index (χ2v) is 13.1. The molecule has 0 aliphatic rings. The standard InChI is InChI=1S/C29H31Cl4N3O4S/c1-5-19(3)34-29(38)20(4)35(16-22-23(30)8-6-9-24(22)31)27(37)17-36(26-11-7-10-25(32)28(26)33)41(39,40)21-14-12-18(2)13-15-21/h6-15,19-20H,5,16-17H2,1-4H3,(H,34,38)/t19-,20+/m0/s1. The number of hydrogen-bond acceptors (Lipinski definition) is 4. The molecule has 0 radical (unpaired) electrons. The summed E-state index contributed by atoms with van der Waals surface area (Å²) >= 11 is 25.5. The fraction of sp³-hybridized carbons (Fsp3) is 0.310. The van der Waals surface area contributed by atoms with Gasteiger partial charge in [0.05, 0.1) is 20.6 Å². The summed E-state index contributed by atoms with van der Waals surface area (Å²) in [6.07, 6.45) is 0.679. The fourth-order valence-electron chi connectivity index (χ4n) is 3.94. The second-order valence-electron chi connectivity index (χ2n) is 9.61. The summed E-state index contributed by atoms with van der Waals surface area (Å²) in [6.45, 7) is 6.33. The third-order valence-corrected chi connectivity index (χ3v) is 9.94. The van der Waals surface area contributed by atoms with Crippen molar-refractivity contribution in [3.8, 4) is 0 Å². The molecular weight excluding hydrogens is 628 g/mol. The highest BCUT2D eigenvalue weighted by molar-refractivity contribution is 7.92. The molecule has 1 N–H and O–H groups in total. The van der Waals surface area contributed by atoms with Crippen molar-refractivity contribution in [2.75, 3.05) is 10.8 Å². The minimum Gasteiger partial charge on any atom is -0.352 e. The van der Waals surface area contributed by atoms with Crippen LogP contribution < -0.4 is 9.62 Å². The molecule has 12 heteroatoms. The maximum atomic E-state index is 14.1. The predicted octanol–water partition coefficient (Wildman–Crippen LogP) is 7.14. The first-order chi connectivity index (χ1) is 19.3. The number of carbonyl (C=O) groups is 2. The van der Waals surface area contributed by atoms with Gasteiger partial charge in [-0.1, -0.05) is 83.2 Å². The highest BCUT2D eigenvalue weighted by Crippen LogP contribution is 2.36. The molecule has 0 bridgehead atoms. The van der Waals surface area contributed by atoms with Crippen LogP contribution in [0, 0.1) is 6.92 Å². The van der Waals surface area contributed by atoms with Gasteiger partial charge in [0.15, 0.2) is 0 Å². The molecule has 0 aliphatic carbocycles. The highest BCUT2D eigenvalue weighted by atomic mass is 35.5. The van der Waals surface area contributed by atoms with Gasteiger partial charge in [0.2, 0.25) is 11.8 Å². The molecule has 2 atom stereocenters. The largest absolute Gasteiger partial charge is 0.352 e. The Kier molecular flexibility index (Phi) is 11.4. The summed E-state index contributed by atoms with van der Waals surface area (Å²) in [6, 6.07) is 14.5. The van der Waals surface area contributed by atoms with Gasteiger partial charge < -0.3 is 10.2 Å². The van der Waals surface area contributed by atoms with E-state index in [-0.39, 0.29) is 33.2 Å². The highest BCUT2D eigenvalue weighted by Gasteiger charge is 2.34. The minimum absolute atomic E-state index is 0.0144. The molecule has 2 amide bonds. The van der Waals surface area contributed by atoms with Crippen molar-refractivity contribution in [2.24, 2.45) is 0 Å². The van der Waals surface area contributed by atoms with E-state index in [1.165, 1.54) is 35.2 Å². The lowest BCUT2D eigenvalue weighted by molar-refractivity contribution is -0.139. The Bertz CT molecular complexity index is 1500. The zero-order valence-electron chi connectivity index (χ0n) is 23.0. The summed E-state index contributed by atoms with van der Waals surface area (Å²) < 4.78 is 28.8.